The van der Waals surface area contributed by atoms with E-state index >= 15 is 0 Å². The van der Waals surface area contributed by atoms with Crippen molar-refractivity contribution in [3.05, 3.63) is 55.7 Å². The van der Waals surface area contributed by atoms with Gasteiger partial charge < -0.3 is 0 Å². The molecular formula is C15H8BrN3S2. The molecule has 3 heterocycles. The van der Waals surface area contributed by atoms with Crippen molar-refractivity contribution in [2.75, 3.05) is 0 Å². The molecular weight excluding hydrogens is 366 g/mol. The first-order chi connectivity index (χ1) is 10.3. The number of pyridine rings is 1. The van der Waals surface area contributed by atoms with Crippen LogP contribution in [0.15, 0.2) is 45.8 Å². The number of nitriles is 1. The van der Waals surface area contributed by atoms with Crippen molar-refractivity contribution >= 4 is 50.3 Å². The highest BCUT2D eigenvalue weighted by Crippen LogP contribution is 2.29. The van der Waals surface area contributed by atoms with Crippen molar-refractivity contribution in [3.63, 3.8) is 0 Å². The highest BCUT2D eigenvalue weighted by molar-refractivity contribution is 9.10. The highest BCUT2D eigenvalue weighted by atomic mass is 79.9. The van der Waals surface area contributed by atoms with Gasteiger partial charge in [0.05, 0.1) is 11.3 Å². The molecule has 0 atom stereocenters. The molecule has 3 rings (SSSR count). The summed E-state index contributed by atoms with van der Waals surface area (Å²) in [4.78, 5) is 9.57. The van der Waals surface area contributed by atoms with Crippen molar-refractivity contribution < 1.29 is 0 Å². The molecule has 0 saturated carbocycles. The van der Waals surface area contributed by atoms with Gasteiger partial charge in [0.2, 0.25) is 0 Å². The number of nitrogens with zero attached hydrogens (tertiary/aromatic N) is 3. The van der Waals surface area contributed by atoms with Gasteiger partial charge in [-0.2, -0.15) is 5.26 Å². The average molecular weight is 374 g/mol. The first-order valence-corrected chi connectivity index (χ1v) is 8.53. The van der Waals surface area contributed by atoms with Crippen LogP contribution in [0.3, 0.4) is 0 Å². The third kappa shape index (κ3) is 3.27. The first-order valence-electron chi connectivity index (χ1n) is 5.98. The molecule has 3 nitrogen and oxygen atoms in total. The summed E-state index contributed by atoms with van der Waals surface area (Å²) < 4.78 is 1.02. The Morgan fingerprint density at radius 2 is 2.05 bits per heavy atom. The lowest BCUT2D eigenvalue weighted by Gasteiger charge is -1.94. The van der Waals surface area contributed by atoms with E-state index in [9.17, 15) is 5.26 Å². The van der Waals surface area contributed by atoms with Crippen LogP contribution in [0.2, 0.25) is 0 Å². The molecule has 102 valence electrons. The Morgan fingerprint density at radius 1 is 1.24 bits per heavy atom. The van der Waals surface area contributed by atoms with Crippen LogP contribution >= 0.6 is 38.6 Å². The second-order valence-electron chi connectivity index (χ2n) is 4.11. The number of thiazole rings is 1. The van der Waals surface area contributed by atoms with Crippen LogP contribution in [0.1, 0.15) is 9.88 Å². The van der Waals surface area contributed by atoms with Gasteiger partial charge in [-0.1, -0.05) is 0 Å². The number of hydrogen-bond donors (Lipinski definition) is 0. The van der Waals surface area contributed by atoms with Crippen LogP contribution in [-0.4, -0.2) is 9.97 Å². The Morgan fingerprint density at radius 3 is 2.71 bits per heavy atom. The van der Waals surface area contributed by atoms with Gasteiger partial charge >= 0.3 is 0 Å². The van der Waals surface area contributed by atoms with Gasteiger partial charge in [0, 0.05) is 38.1 Å². The van der Waals surface area contributed by atoms with E-state index in [0.717, 1.165) is 25.6 Å². The number of halogens is 1. The summed E-state index contributed by atoms with van der Waals surface area (Å²) in [6.45, 7) is 0. The zero-order valence-corrected chi connectivity index (χ0v) is 13.9. The summed E-state index contributed by atoms with van der Waals surface area (Å²) in [6, 6.07) is 8.03. The largest absolute Gasteiger partial charge is 0.265 e. The third-order valence-corrected chi connectivity index (χ3v) is 5.22. The molecule has 0 saturated heterocycles. The van der Waals surface area contributed by atoms with Crippen LogP contribution in [-0.2, 0) is 0 Å². The van der Waals surface area contributed by atoms with Crippen molar-refractivity contribution in [1.82, 2.24) is 9.97 Å². The fourth-order valence-electron chi connectivity index (χ4n) is 1.74. The third-order valence-electron chi connectivity index (χ3n) is 2.71. The number of hydrogen-bond acceptors (Lipinski definition) is 5. The molecule has 0 amide bonds. The Kier molecular flexibility index (Phi) is 4.25. The van der Waals surface area contributed by atoms with Gasteiger partial charge in [-0.15, -0.1) is 22.7 Å². The summed E-state index contributed by atoms with van der Waals surface area (Å²) in [7, 11) is 0. The summed E-state index contributed by atoms with van der Waals surface area (Å²) in [5.74, 6) is 0. The predicted octanol–water partition coefficient (Wildman–Crippen LogP) is 5.09. The quantitative estimate of drug-likeness (QED) is 0.600. The molecule has 0 aliphatic heterocycles. The van der Waals surface area contributed by atoms with Gasteiger partial charge in [-0.3, -0.25) is 4.98 Å². The van der Waals surface area contributed by atoms with E-state index in [1.54, 1.807) is 23.7 Å². The van der Waals surface area contributed by atoms with E-state index in [1.165, 1.54) is 11.3 Å². The van der Waals surface area contributed by atoms with E-state index in [0.29, 0.717) is 5.57 Å². The highest BCUT2D eigenvalue weighted by Gasteiger charge is 2.09. The second-order valence-corrected chi connectivity index (χ2v) is 6.83. The lowest BCUT2D eigenvalue weighted by molar-refractivity contribution is 1.31. The van der Waals surface area contributed by atoms with Crippen LogP contribution in [0.25, 0.3) is 22.9 Å². The molecule has 0 N–H and O–H groups in total. The summed E-state index contributed by atoms with van der Waals surface area (Å²) in [5.41, 5.74) is 2.45. The maximum Gasteiger partial charge on any atom is 0.134 e. The first kappa shape index (κ1) is 14.1. The zero-order chi connectivity index (χ0) is 14.7. The number of thiophene rings is 1. The molecule has 0 radical (unpaired) electrons. The Bertz CT molecular complexity index is 828. The van der Waals surface area contributed by atoms with Crippen LogP contribution in [0, 0.1) is 11.3 Å². The lowest BCUT2D eigenvalue weighted by atomic mass is 10.2. The van der Waals surface area contributed by atoms with Crippen molar-refractivity contribution in [2.24, 2.45) is 0 Å². The molecule has 3 aromatic rings. The molecule has 0 aromatic carbocycles. The zero-order valence-electron chi connectivity index (χ0n) is 10.7. The SMILES string of the molecule is N#CC(=Cc1cc(Br)cs1)c1nc(-c2ccncc2)cs1. The minimum Gasteiger partial charge on any atom is -0.265 e. The monoisotopic (exact) mass is 373 g/mol. The van der Waals surface area contributed by atoms with Crippen LogP contribution in [0.5, 0.6) is 0 Å². The molecule has 21 heavy (non-hydrogen) atoms. The molecule has 0 aliphatic rings. The Labute approximate surface area is 138 Å². The smallest absolute Gasteiger partial charge is 0.134 e. The fraction of sp³-hybridized carbons (Fsp3) is 0. The minimum atomic E-state index is 0.578. The van der Waals surface area contributed by atoms with E-state index in [-0.39, 0.29) is 0 Å². The normalized spacial score (nSPS) is 11.3. The predicted molar refractivity (Wildman–Crippen MR) is 90.8 cm³/mol. The standard InChI is InChI=1S/C15H8BrN3S2/c16-12-6-13(20-8-12)5-11(7-17)15-19-14(9-21-15)10-1-3-18-4-2-10/h1-6,8-9H. The summed E-state index contributed by atoms with van der Waals surface area (Å²) >= 11 is 6.47. The number of allylic oxidation sites excluding steroid dienone is 1. The Hall–Kier alpha value is -1.81. The molecule has 0 bridgehead atoms. The maximum atomic E-state index is 9.36. The summed E-state index contributed by atoms with van der Waals surface area (Å²) in [5, 5.41) is 14.0. The maximum absolute atomic E-state index is 9.36. The van der Waals surface area contributed by atoms with Crippen molar-refractivity contribution in [3.8, 4) is 17.3 Å². The van der Waals surface area contributed by atoms with E-state index < -0.39 is 0 Å². The van der Waals surface area contributed by atoms with Crippen molar-refractivity contribution in [1.29, 1.82) is 5.26 Å². The van der Waals surface area contributed by atoms with Gasteiger partial charge in [0.25, 0.3) is 0 Å². The summed E-state index contributed by atoms with van der Waals surface area (Å²) in [6.07, 6.45) is 5.34. The van der Waals surface area contributed by atoms with E-state index in [2.05, 4.69) is 32.0 Å². The second kappa shape index (κ2) is 6.31. The molecule has 0 fully saturated rings. The molecule has 0 unspecified atom stereocenters. The van der Waals surface area contributed by atoms with Crippen molar-refractivity contribution in [2.45, 2.75) is 0 Å². The molecule has 3 aromatic heterocycles. The molecule has 0 aliphatic carbocycles. The van der Waals surface area contributed by atoms with Gasteiger partial charge in [0.15, 0.2) is 0 Å². The van der Waals surface area contributed by atoms with E-state index in [1.807, 2.05) is 35.0 Å². The topological polar surface area (TPSA) is 49.6 Å². The molecule has 6 heteroatoms. The van der Waals surface area contributed by atoms with Gasteiger partial charge in [-0.25, -0.2) is 4.98 Å². The average Bonchev–Trinajstić information content (AvgIpc) is 3.15. The lowest BCUT2D eigenvalue weighted by Crippen LogP contribution is -1.82. The van der Waals surface area contributed by atoms with Crippen LogP contribution < -0.4 is 0 Å². The van der Waals surface area contributed by atoms with E-state index in [4.69, 9.17) is 0 Å². The number of aromatic nitrogens is 2. The fourth-order valence-corrected chi connectivity index (χ4v) is 3.91. The van der Waals surface area contributed by atoms with Gasteiger partial charge in [0.1, 0.15) is 11.1 Å². The number of rotatable bonds is 3. The van der Waals surface area contributed by atoms with Crippen LogP contribution in [0.4, 0.5) is 0 Å². The van der Waals surface area contributed by atoms with Gasteiger partial charge in [-0.05, 0) is 40.2 Å². The Balaban J connectivity index is 1.95. The minimum absolute atomic E-state index is 0.578. The molecule has 0 spiro atoms.